The first kappa shape index (κ1) is 19.7. The van der Waals surface area contributed by atoms with Crippen molar-refractivity contribution < 1.29 is 26.9 Å². The van der Waals surface area contributed by atoms with Crippen LogP contribution in [0.15, 0.2) is 47.4 Å². The molecule has 3 rings (SSSR count). The van der Waals surface area contributed by atoms with Gasteiger partial charge in [0.1, 0.15) is 16.4 Å². The molecule has 148 valence electrons. The van der Waals surface area contributed by atoms with E-state index in [1.54, 1.807) is 24.3 Å². The van der Waals surface area contributed by atoms with E-state index in [1.807, 2.05) is 13.8 Å². The molecule has 9 heteroatoms. The lowest BCUT2D eigenvalue weighted by atomic mass is 10.2. The van der Waals surface area contributed by atoms with Crippen molar-refractivity contribution in [3.8, 4) is 11.5 Å². The Hall–Kier alpha value is -3.07. The number of ether oxygens (including phenoxy) is 2. The maximum atomic E-state index is 12.8. The third kappa shape index (κ3) is 4.25. The van der Waals surface area contributed by atoms with Crippen molar-refractivity contribution in [1.29, 1.82) is 0 Å². The van der Waals surface area contributed by atoms with Crippen LogP contribution in [-0.4, -0.2) is 38.1 Å². The Morgan fingerprint density at radius 2 is 1.93 bits per heavy atom. The van der Waals surface area contributed by atoms with Gasteiger partial charge in [-0.25, -0.2) is 9.78 Å². The highest BCUT2D eigenvalue weighted by Crippen LogP contribution is 2.28. The fourth-order valence-electron chi connectivity index (χ4n) is 2.44. The van der Waals surface area contributed by atoms with Crippen molar-refractivity contribution in [2.75, 3.05) is 13.7 Å². The molecular formula is C19H20N2O6S. The van der Waals surface area contributed by atoms with Crippen molar-refractivity contribution >= 4 is 27.1 Å². The number of aromatic amines is 1. The molecule has 28 heavy (non-hydrogen) atoms. The zero-order chi connectivity index (χ0) is 20.3. The quantitative estimate of drug-likeness (QED) is 0.476. The molecule has 1 N–H and O–H groups in total. The van der Waals surface area contributed by atoms with Gasteiger partial charge in [-0.2, -0.15) is 8.42 Å². The minimum atomic E-state index is -4.13. The number of carbonyl (C=O) groups is 1. The normalized spacial score (nSPS) is 11.6. The molecule has 0 spiro atoms. The summed E-state index contributed by atoms with van der Waals surface area (Å²) in [4.78, 5) is 18.4. The number of nitrogens with zero attached hydrogens (tertiary/aromatic N) is 1. The highest BCUT2D eigenvalue weighted by atomic mass is 32.2. The fraction of sp³-hybridized carbons (Fsp3) is 0.263. The number of benzene rings is 2. The van der Waals surface area contributed by atoms with E-state index in [-0.39, 0.29) is 28.1 Å². The standard InChI is InChI=1S/C19H20N2O6S/c1-12(2)11-26-16-6-4-5-7-17(16)28(23,24)27-13-8-9-14-15(10-13)21-18(20-14)19(22)25-3/h4-10,12H,11H2,1-3H3,(H,20,21). The van der Waals surface area contributed by atoms with Gasteiger partial charge < -0.3 is 18.6 Å². The highest BCUT2D eigenvalue weighted by molar-refractivity contribution is 7.87. The molecule has 0 radical (unpaired) electrons. The van der Waals surface area contributed by atoms with Crippen LogP contribution in [0, 0.1) is 5.92 Å². The maximum absolute atomic E-state index is 12.8. The van der Waals surface area contributed by atoms with Crippen LogP contribution in [0.1, 0.15) is 24.5 Å². The Balaban J connectivity index is 1.89. The van der Waals surface area contributed by atoms with E-state index in [9.17, 15) is 13.2 Å². The zero-order valence-corrected chi connectivity index (χ0v) is 16.4. The summed E-state index contributed by atoms with van der Waals surface area (Å²) in [6, 6.07) is 10.8. The van der Waals surface area contributed by atoms with Gasteiger partial charge in [0.2, 0.25) is 5.82 Å². The lowest BCUT2D eigenvalue weighted by Gasteiger charge is -2.13. The van der Waals surface area contributed by atoms with Gasteiger partial charge in [-0.15, -0.1) is 0 Å². The van der Waals surface area contributed by atoms with Gasteiger partial charge in [-0.05, 0) is 30.2 Å². The van der Waals surface area contributed by atoms with E-state index in [4.69, 9.17) is 8.92 Å². The number of aromatic nitrogens is 2. The monoisotopic (exact) mass is 404 g/mol. The average molecular weight is 404 g/mol. The molecule has 0 unspecified atom stereocenters. The van der Waals surface area contributed by atoms with Crippen LogP contribution in [0.4, 0.5) is 0 Å². The summed E-state index contributed by atoms with van der Waals surface area (Å²) in [6.45, 7) is 4.31. The largest absolute Gasteiger partial charge is 0.492 e. The van der Waals surface area contributed by atoms with Crippen LogP contribution in [0.25, 0.3) is 11.0 Å². The molecule has 0 saturated heterocycles. The van der Waals surface area contributed by atoms with Crippen LogP contribution in [0.2, 0.25) is 0 Å². The number of hydrogen-bond donors (Lipinski definition) is 1. The van der Waals surface area contributed by atoms with Crippen LogP contribution in [0.3, 0.4) is 0 Å². The number of H-pyrrole nitrogens is 1. The number of carbonyl (C=O) groups excluding carboxylic acids is 1. The molecule has 1 aromatic heterocycles. The summed E-state index contributed by atoms with van der Waals surface area (Å²) in [5.41, 5.74) is 0.920. The van der Waals surface area contributed by atoms with E-state index in [2.05, 4.69) is 14.7 Å². The molecule has 2 aromatic carbocycles. The third-order valence-corrected chi connectivity index (χ3v) is 5.02. The van der Waals surface area contributed by atoms with Gasteiger partial charge in [0.05, 0.1) is 24.8 Å². The topological polar surface area (TPSA) is 108 Å². The van der Waals surface area contributed by atoms with Gasteiger partial charge in [-0.3, -0.25) is 0 Å². The minimum Gasteiger partial charge on any atom is -0.492 e. The lowest BCUT2D eigenvalue weighted by Crippen LogP contribution is -2.13. The van der Waals surface area contributed by atoms with E-state index in [0.29, 0.717) is 17.6 Å². The second-order valence-electron chi connectivity index (χ2n) is 6.44. The summed E-state index contributed by atoms with van der Waals surface area (Å²) in [6.07, 6.45) is 0. The second-order valence-corrected chi connectivity index (χ2v) is 7.96. The number of esters is 1. The minimum absolute atomic E-state index is 0.0185. The SMILES string of the molecule is COC(=O)c1nc2ccc(OS(=O)(=O)c3ccccc3OCC(C)C)cc2[nH]1. The Kier molecular flexibility index (Phi) is 5.55. The number of methoxy groups -OCH3 is 1. The molecule has 1 heterocycles. The van der Waals surface area contributed by atoms with Crippen molar-refractivity contribution in [3.05, 3.63) is 48.3 Å². The first-order valence-electron chi connectivity index (χ1n) is 8.54. The van der Waals surface area contributed by atoms with Crippen molar-refractivity contribution in [1.82, 2.24) is 9.97 Å². The van der Waals surface area contributed by atoms with Crippen molar-refractivity contribution in [2.24, 2.45) is 5.92 Å². The lowest BCUT2D eigenvalue weighted by molar-refractivity contribution is 0.0588. The predicted molar refractivity (Wildman–Crippen MR) is 102 cm³/mol. The third-order valence-electron chi connectivity index (χ3n) is 3.73. The molecule has 0 aliphatic rings. The molecule has 0 atom stereocenters. The molecule has 8 nitrogen and oxygen atoms in total. The first-order chi connectivity index (χ1) is 13.3. The summed E-state index contributed by atoms with van der Waals surface area (Å²) in [5.74, 6) is -0.0612. The Bertz CT molecular complexity index is 1100. The summed E-state index contributed by atoms with van der Waals surface area (Å²) in [7, 11) is -2.88. The van der Waals surface area contributed by atoms with Crippen LogP contribution < -0.4 is 8.92 Å². The highest BCUT2D eigenvalue weighted by Gasteiger charge is 2.22. The maximum Gasteiger partial charge on any atom is 0.374 e. The molecule has 0 amide bonds. The molecular weight excluding hydrogens is 384 g/mol. The van der Waals surface area contributed by atoms with Crippen molar-refractivity contribution in [3.63, 3.8) is 0 Å². The van der Waals surface area contributed by atoms with E-state index in [1.165, 1.54) is 25.3 Å². The average Bonchev–Trinajstić information content (AvgIpc) is 3.09. The number of imidazole rings is 1. The Morgan fingerprint density at radius 1 is 1.18 bits per heavy atom. The van der Waals surface area contributed by atoms with Crippen LogP contribution in [-0.2, 0) is 14.9 Å². The predicted octanol–water partition coefficient (Wildman–Crippen LogP) is 3.15. The second kappa shape index (κ2) is 7.89. The number of fused-ring (bicyclic) bond motifs is 1. The van der Waals surface area contributed by atoms with E-state index < -0.39 is 16.1 Å². The number of para-hydroxylation sites is 1. The van der Waals surface area contributed by atoms with Crippen molar-refractivity contribution in [2.45, 2.75) is 18.7 Å². The Labute approximate surface area is 162 Å². The molecule has 0 bridgehead atoms. The number of hydrogen-bond acceptors (Lipinski definition) is 7. The van der Waals surface area contributed by atoms with Crippen LogP contribution >= 0.6 is 0 Å². The zero-order valence-electron chi connectivity index (χ0n) is 15.6. The summed E-state index contributed by atoms with van der Waals surface area (Å²) >= 11 is 0. The van der Waals surface area contributed by atoms with Gasteiger partial charge in [0.25, 0.3) is 0 Å². The van der Waals surface area contributed by atoms with Crippen LogP contribution in [0.5, 0.6) is 11.5 Å². The number of rotatable bonds is 7. The molecule has 3 aromatic rings. The van der Waals surface area contributed by atoms with Gasteiger partial charge in [-0.1, -0.05) is 26.0 Å². The molecule has 0 aliphatic carbocycles. The molecule has 0 fully saturated rings. The first-order valence-corrected chi connectivity index (χ1v) is 9.95. The van der Waals surface area contributed by atoms with E-state index in [0.717, 1.165) is 0 Å². The smallest absolute Gasteiger partial charge is 0.374 e. The molecule has 0 saturated carbocycles. The number of nitrogens with one attached hydrogen (secondary N) is 1. The molecule has 0 aliphatic heterocycles. The summed E-state index contributed by atoms with van der Waals surface area (Å²) in [5, 5.41) is 0. The Morgan fingerprint density at radius 3 is 2.64 bits per heavy atom. The summed E-state index contributed by atoms with van der Waals surface area (Å²) < 4.78 is 41.0. The van der Waals surface area contributed by atoms with E-state index >= 15 is 0 Å². The van der Waals surface area contributed by atoms with Gasteiger partial charge >= 0.3 is 16.1 Å². The van der Waals surface area contributed by atoms with Gasteiger partial charge in [0, 0.05) is 6.07 Å². The fourth-order valence-corrected chi connectivity index (χ4v) is 3.50. The van der Waals surface area contributed by atoms with Gasteiger partial charge in [0.15, 0.2) is 0 Å².